The number of nitrogen functional groups attached to an aromatic ring is 1. The number of rotatable bonds is 4. The monoisotopic (exact) mass is 217 g/mol. The standard InChI is InChI=1S/C13H19N3/c1-9-10(2)16(13(15)12(9)8-14)7-3-4-11-5-6-11/h11H,3-7,15H2,1-2H3. The third kappa shape index (κ3) is 1.92. The minimum atomic E-state index is 0.647. The first-order chi connectivity index (χ1) is 7.65. The van der Waals surface area contributed by atoms with Gasteiger partial charge in [0.2, 0.25) is 0 Å². The lowest BCUT2D eigenvalue weighted by Gasteiger charge is -2.08. The topological polar surface area (TPSA) is 54.7 Å². The summed E-state index contributed by atoms with van der Waals surface area (Å²) in [7, 11) is 0. The van der Waals surface area contributed by atoms with Crippen LogP contribution >= 0.6 is 0 Å². The summed E-state index contributed by atoms with van der Waals surface area (Å²) in [6.45, 7) is 4.97. The number of aromatic nitrogens is 1. The highest BCUT2D eigenvalue weighted by Gasteiger charge is 2.21. The molecule has 1 saturated carbocycles. The number of nitrogens with two attached hydrogens (primary N) is 1. The second kappa shape index (κ2) is 4.21. The molecular weight excluding hydrogens is 198 g/mol. The van der Waals surface area contributed by atoms with Gasteiger partial charge in [-0.3, -0.25) is 0 Å². The first kappa shape index (κ1) is 11.1. The Morgan fingerprint density at radius 3 is 2.62 bits per heavy atom. The van der Waals surface area contributed by atoms with Crippen LogP contribution in [0.1, 0.15) is 42.5 Å². The zero-order valence-corrected chi connectivity index (χ0v) is 10.1. The van der Waals surface area contributed by atoms with Gasteiger partial charge in [0.05, 0.1) is 5.56 Å². The molecular formula is C13H19N3. The van der Waals surface area contributed by atoms with Crippen molar-refractivity contribution in [2.45, 2.75) is 46.1 Å². The number of hydrogen-bond donors (Lipinski definition) is 1. The molecule has 1 aliphatic carbocycles. The predicted octanol–water partition coefficient (Wildman–Crippen LogP) is 2.75. The second-order valence-electron chi connectivity index (χ2n) is 4.82. The number of hydrogen-bond acceptors (Lipinski definition) is 2. The van der Waals surface area contributed by atoms with Crippen LogP contribution in [0.5, 0.6) is 0 Å². The molecule has 0 aromatic carbocycles. The van der Waals surface area contributed by atoms with Crippen molar-refractivity contribution >= 4 is 5.82 Å². The molecule has 1 aliphatic rings. The van der Waals surface area contributed by atoms with Crippen LogP contribution in [-0.2, 0) is 6.54 Å². The summed E-state index contributed by atoms with van der Waals surface area (Å²) in [5.41, 5.74) is 8.82. The molecule has 1 heterocycles. The van der Waals surface area contributed by atoms with E-state index in [1.54, 1.807) is 0 Å². The molecule has 16 heavy (non-hydrogen) atoms. The molecule has 0 radical (unpaired) electrons. The third-order valence-electron chi connectivity index (χ3n) is 3.67. The van der Waals surface area contributed by atoms with Gasteiger partial charge in [0, 0.05) is 12.2 Å². The molecule has 86 valence electrons. The van der Waals surface area contributed by atoms with E-state index in [9.17, 15) is 0 Å². The van der Waals surface area contributed by atoms with Crippen LogP contribution in [0.2, 0.25) is 0 Å². The summed E-state index contributed by atoms with van der Waals surface area (Å²) in [5, 5.41) is 9.02. The molecule has 1 aromatic heterocycles. The molecule has 3 heteroatoms. The summed E-state index contributed by atoms with van der Waals surface area (Å²) in [6.07, 6.45) is 5.29. The lowest BCUT2D eigenvalue weighted by atomic mass is 10.2. The van der Waals surface area contributed by atoms with E-state index < -0.39 is 0 Å². The highest BCUT2D eigenvalue weighted by Crippen LogP contribution is 2.34. The van der Waals surface area contributed by atoms with Gasteiger partial charge in [0.15, 0.2) is 0 Å². The van der Waals surface area contributed by atoms with E-state index in [2.05, 4.69) is 10.6 Å². The number of anilines is 1. The Kier molecular flexibility index (Phi) is 2.91. The van der Waals surface area contributed by atoms with Gasteiger partial charge in [-0.15, -0.1) is 0 Å². The van der Waals surface area contributed by atoms with Crippen molar-refractivity contribution in [2.75, 3.05) is 5.73 Å². The maximum absolute atomic E-state index is 9.02. The van der Waals surface area contributed by atoms with Gasteiger partial charge < -0.3 is 10.3 Å². The van der Waals surface area contributed by atoms with E-state index in [1.165, 1.54) is 25.7 Å². The van der Waals surface area contributed by atoms with Crippen molar-refractivity contribution in [3.05, 3.63) is 16.8 Å². The van der Waals surface area contributed by atoms with Crippen LogP contribution in [-0.4, -0.2) is 4.57 Å². The van der Waals surface area contributed by atoms with Crippen LogP contribution in [0.3, 0.4) is 0 Å². The normalized spacial score (nSPS) is 15.1. The van der Waals surface area contributed by atoms with Crippen LogP contribution in [0.4, 0.5) is 5.82 Å². The summed E-state index contributed by atoms with van der Waals surface area (Å²) in [6, 6.07) is 2.19. The molecule has 0 aliphatic heterocycles. The van der Waals surface area contributed by atoms with Crippen molar-refractivity contribution in [3.63, 3.8) is 0 Å². The van der Waals surface area contributed by atoms with Gasteiger partial charge in [0.25, 0.3) is 0 Å². The van der Waals surface area contributed by atoms with Crippen LogP contribution in [0.25, 0.3) is 0 Å². The molecule has 0 amide bonds. The van der Waals surface area contributed by atoms with Crippen LogP contribution < -0.4 is 5.73 Å². The van der Waals surface area contributed by atoms with Crippen molar-refractivity contribution in [1.82, 2.24) is 4.57 Å². The smallest absolute Gasteiger partial charge is 0.122 e. The molecule has 2 N–H and O–H groups in total. The lowest BCUT2D eigenvalue weighted by molar-refractivity contribution is 0.575. The minimum absolute atomic E-state index is 0.647. The molecule has 0 spiro atoms. The van der Waals surface area contributed by atoms with Gasteiger partial charge >= 0.3 is 0 Å². The Morgan fingerprint density at radius 2 is 2.12 bits per heavy atom. The molecule has 0 atom stereocenters. The van der Waals surface area contributed by atoms with E-state index in [-0.39, 0.29) is 0 Å². The molecule has 1 fully saturated rings. The number of nitriles is 1. The maximum atomic E-state index is 9.02. The van der Waals surface area contributed by atoms with E-state index >= 15 is 0 Å². The van der Waals surface area contributed by atoms with E-state index in [0.29, 0.717) is 11.4 Å². The summed E-state index contributed by atoms with van der Waals surface area (Å²) in [5.74, 6) is 1.61. The highest BCUT2D eigenvalue weighted by atomic mass is 15.1. The Labute approximate surface area is 96.9 Å². The Hall–Kier alpha value is -1.43. The average molecular weight is 217 g/mol. The lowest BCUT2D eigenvalue weighted by Crippen LogP contribution is -2.05. The van der Waals surface area contributed by atoms with Crippen molar-refractivity contribution in [3.8, 4) is 6.07 Å². The molecule has 3 nitrogen and oxygen atoms in total. The van der Waals surface area contributed by atoms with Crippen LogP contribution in [0, 0.1) is 31.1 Å². The first-order valence-electron chi connectivity index (χ1n) is 6.00. The second-order valence-corrected chi connectivity index (χ2v) is 4.82. The third-order valence-corrected chi connectivity index (χ3v) is 3.67. The first-order valence-corrected chi connectivity index (χ1v) is 6.00. The van der Waals surface area contributed by atoms with E-state index in [1.807, 2.05) is 13.8 Å². The fourth-order valence-electron chi connectivity index (χ4n) is 2.26. The van der Waals surface area contributed by atoms with Crippen molar-refractivity contribution in [2.24, 2.45) is 5.92 Å². The predicted molar refractivity (Wildman–Crippen MR) is 65.0 cm³/mol. The van der Waals surface area contributed by atoms with E-state index in [4.69, 9.17) is 11.0 Å². The largest absolute Gasteiger partial charge is 0.384 e. The number of nitrogens with zero attached hydrogens (tertiary/aromatic N) is 2. The minimum Gasteiger partial charge on any atom is -0.384 e. The fourth-order valence-corrected chi connectivity index (χ4v) is 2.26. The molecule has 0 unspecified atom stereocenters. The molecule has 0 saturated heterocycles. The molecule has 2 rings (SSSR count). The van der Waals surface area contributed by atoms with Gasteiger partial charge in [0.1, 0.15) is 11.9 Å². The zero-order valence-electron chi connectivity index (χ0n) is 10.1. The molecule has 0 bridgehead atoms. The zero-order chi connectivity index (χ0) is 11.7. The maximum Gasteiger partial charge on any atom is 0.122 e. The SMILES string of the molecule is Cc1c(C#N)c(N)n(CCCC2CC2)c1C. The van der Waals surface area contributed by atoms with Crippen molar-refractivity contribution in [1.29, 1.82) is 5.26 Å². The average Bonchev–Trinajstić information content (AvgIpc) is 3.04. The summed E-state index contributed by atoms with van der Waals surface area (Å²) < 4.78 is 2.09. The Balaban J connectivity index is 2.10. The van der Waals surface area contributed by atoms with Crippen molar-refractivity contribution < 1.29 is 0 Å². The Morgan fingerprint density at radius 1 is 1.44 bits per heavy atom. The van der Waals surface area contributed by atoms with Gasteiger partial charge in [-0.1, -0.05) is 12.8 Å². The van der Waals surface area contributed by atoms with Gasteiger partial charge in [-0.2, -0.15) is 5.26 Å². The fraction of sp³-hybridized carbons (Fsp3) is 0.615. The summed E-state index contributed by atoms with van der Waals surface area (Å²) >= 11 is 0. The highest BCUT2D eigenvalue weighted by molar-refractivity contribution is 5.57. The quantitative estimate of drug-likeness (QED) is 0.843. The van der Waals surface area contributed by atoms with Crippen LogP contribution in [0.15, 0.2) is 0 Å². The summed E-state index contributed by atoms with van der Waals surface area (Å²) in [4.78, 5) is 0. The van der Waals surface area contributed by atoms with Gasteiger partial charge in [-0.05, 0) is 38.2 Å². The molecule has 1 aromatic rings. The Bertz CT molecular complexity index is 433. The van der Waals surface area contributed by atoms with E-state index in [0.717, 1.165) is 23.7 Å². The van der Waals surface area contributed by atoms with Gasteiger partial charge in [-0.25, -0.2) is 0 Å².